The first-order chi connectivity index (χ1) is 15.9. The molecule has 1 N–H and O–H groups in total. The van der Waals surface area contributed by atoms with Crippen molar-refractivity contribution < 1.29 is 23.5 Å². The summed E-state index contributed by atoms with van der Waals surface area (Å²) in [6.45, 7) is 4.33. The fourth-order valence-electron chi connectivity index (χ4n) is 3.47. The van der Waals surface area contributed by atoms with Gasteiger partial charge in [-0.1, -0.05) is 0 Å². The number of carbonyl (C=O) groups excluding carboxylic acids is 2. The van der Waals surface area contributed by atoms with E-state index < -0.39 is 0 Å². The molecule has 172 valence electrons. The molecular weight excluding hydrogens is 444 g/mol. The van der Waals surface area contributed by atoms with Crippen LogP contribution >= 0.6 is 12.0 Å². The van der Waals surface area contributed by atoms with Gasteiger partial charge in [0.2, 0.25) is 0 Å². The lowest BCUT2D eigenvalue weighted by molar-refractivity contribution is -0.160. The van der Waals surface area contributed by atoms with Gasteiger partial charge in [-0.2, -0.15) is 9.43 Å². The van der Waals surface area contributed by atoms with Gasteiger partial charge in [0.15, 0.2) is 5.82 Å². The van der Waals surface area contributed by atoms with Crippen LogP contribution in [0.25, 0.3) is 0 Å². The molecule has 0 radical (unpaired) electrons. The Morgan fingerprint density at radius 1 is 1.18 bits per heavy atom. The molecule has 4 rings (SSSR count). The van der Waals surface area contributed by atoms with Crippen molar-refractivity contribution in [2.45, 2.75) is 31.3 Å². The minimum atomic E-state index is -0.374. The average molecular weight is 469 g/mol. The molecule has 33 heavy (non-hydrogen) atoms. The Labute approximate surface area is 195 Å². The van der Waals surface area contributed by atoms with Crippen LogP contribution in [0.1, 0.15) is 40.1 Å². The normalized spacial score (nSPS) is 12.9. The fraction of sp³-hybridized carbons (Fsp3) is 0.261. The number of nitrogens with one attached hydrogen (secondary N) is 1. The summed E-state index contributed by atoms with van der Waals surface area (Å²) >= 11 is 1.08. The predicted molar refractivity (Wildman–Crippen MR) is 123 cm³/mol. The van der Waals surface area contributed by atoms with Crippen LogP contribution in [0.3, 0.4) is 0 Å². The van der Waals surface area contributed by atoms with Crippen molar-refractivity contribution in [1.29, 1.82) is 0 Å². The van der Waals surface area contributed by atoms with Gasteiger partial charge in [-0.05, 0) is 50.2 Å². The largest absolute Gasteiger partial charge is 0.457 e. The Hall–Kier alpha value is -3.34. The summed E-state index contributed by atoms with van der Waals surface area (Å²) in [6.07, 6.45) is 1.73. The van der Waals surface area contributed by atoms with Crippen LogP contribution in [0.4, 0.5) is 5.82 Å². The van der Waals surface area contributed by atoms with Crippen LogP contribution in [0.15, 0.2) is 53.6 Å². The van der Waals surface area contributed by atoms with E-state index in [1.54, 1.807) is 53.2 Å². The Balaban J connectivity index is 1.65. The van der Waals surface area contributed by atoms with Crippen molar-refractivity contribution in [2.75, 3.05) is 12.4 Å². The molecule has 2 heterocycles. The molecule has 3 aromatic rings. The number of aromatic nitrogens is 2. The predicted octanol–water partition coefficient (Wildman–Crippen LogP) is 4.41. The third kappa shape index (κ3) is 5.03. The number of rotatable bonds is 8. The minimum absolute atomic E-state index is 0.0145. The van der Waals surface area contributed by atoms with E-state index in [0.29, 0.717) is 35.0 Å². The van der Waals surface area contributed by atoms with Gasteiger partial charge in [0, 0.05) is 46.9 Å². The lowest BCUT2D eigenvalue weighted by Crippen LogP contribution is -2.30. The van der Waals surface area contributed by atoms with E-state index in [-0.39, 0.29) is 17.9 Å². The van der Waals surface area contributed by atoms with E-state index in [2.05, 4.69) is 15.3 Å². The molecule has 0 aliphatic carbocycles. The standard InChI is InChI=1S/C23H24N4O5S/c1-14(2)27-13-19-18(23(27)29)11-15(22(28)24-21-9-10-26(3)25-21)12-20(19)31-16-5-7-17(8-6-16)33-32-30-4/h5-12,14H,13H2,1-4H3,(H,24,25,28). The van der Waals surface area contributed by atoms with Crippen LogP contribution in [-0.4, -0.2) is 39.6 Å². The minimum Gasteiger partial charge on any atom is -0.457 e. The first-order valence-corrected chi connectivity index (χ1v) is 11.0. The second-order valence-electron chi connectivity index (χ2n) is 7.75. The van der Waals surface area contributed by atoms with E-state index >= 15 is 0 Å². The second kappa shape index (κ2) is 9.65. The fourth-order valence-corrected chi connectivity index (χ4v) is 3.86. The number of carbonyl (C=O) groups is 2. The molecule has 0 saturated heterocycles. The summed E-state index contributed by atoms with van der Waals surface area (Å²) in [5.41, 5.74) is 1.53. The molecule has 0 spiro atoms. The summed E-state index contributed by atoms with van der Waals surface area (Å²) < 4.78 is 12.6. The molecule has 0 fully saturated rings. The number of ether oxygens (including phenoxy) is 1. The Bertz CT molecular complexity index is 1180. The van der Waals surface area contributed by atoms with Crippen molar-refractivity contribution in [3.8, 4) is 11.5 Å². The molecule has 0 bridgehead atoms. The van der Waals surface area contributed by atoms with Crippen LogP contribution in [-0.2, 0) is 22.8 Å². The molecule has 9 nitrogen and oxygen atoms in total. The van der Waals surface area contributed by atoms with Crippen molar-refractivity contribution in [2.24, 2.45) is 7.05 Å². The highest BCUT2D eigenvalue weighted by Gasteiger charge is 2.33. The lowest BCUT2D eigenvalue weighted by Gasteiger charge is -2.20. The molecule has 0 atom stereocenters. The van der Waals surface area contributed by atoms with Gasteiger partial charge < -0.3 is 15.0 Å². The second-order valence-corrected chi connectivity index (χ2v) is 8.52. The Morgan fingerprint density at radius 2 is 1.94 bits per heavy atom. The summed E-state index contributed by atoms with van der Waals surface area (Å²) in [5.74, 6) is 0.953. The number of nitrogens with zero attached hydrogens (tertiary/aromatic N) is 3. The quantitative estimate of drug-likeness (QED) is 0.297. The molecule has 1 aliphatic heterocycles. The van der Waals surface area contributed by atoms with Crippen LogP contribution in [0.2, 0.25) is 0 Å². The van der Waals surface area contributed by atoms with Crippen molar-refractivity contribution >= 4 is 29.7 Å². The first-order valence-electron chi connectivity index (χ1n) is 10.3. The number of aryl methyl sites for hydroxylation is 1. The molecule has 2 amide bonds. The third-order valence-corrected chi connectivity index (χ3v) is 5.79. The number of hydrogen-bond acceptors (Lipinski definition) is 7. The van der Waals surface area contributed by atoms with Crippen LogP contribution in [0, 0.1) is 0 Å². The Kier molecular flexibility index (Phi) is 6.68. The van der Waals surface area contributed by atoms with E-state index in [0.717, 1.165) is 22.5 Å². The van der Waals surface area contributed by atoms with E-state index in [9.17, 15) is 9.59 Å². The van der Waals surface area contributed by atoms with Crippen LogP contribution < -0.4 is 10.1 Å². The van der Waals surface area contributed by atoms with Gasteiger partial charge in [-0.15, -0.1) is 0 Å². The molecule has 2 aromatic carbocycles. The van der Waals surface area contributed by atoms with Crippen molar-refractivity contribution in [1.82, 2.24) is 14.7 Å². The summed E-state index contributed by atoms with van der Waals surface area (Å²) in [5, 5.41) is 6.93. The van der Waals surface area contributed by atoms with Gasteiger partial charge in [-0.3, -0.25) is 14.3 Å². The highest BCUT2D eigenvalue weighted by atomic mass is 32.2. The van der Waals surface area contributed by atoms with Gasteiger partial charge in [0.05, 0.1) is 25.7 Å². The topological polar surface area (TPSA) is 94.9 Å². The number of hydrogen-bond donors (Lipinski definition) is 1. The molecule has 0 saturated carbocycles. The zero-order chi connectivity index (χ0) is 23.5. The van der Waals surface area contributed by atoms with Gasteiger partial charge in [0.1, 0.15) is 11.5 Å². The summed E-state index contributed by atoms with van der Waals surface area (Å²) in [6, 6.07) is 12.2. The molecular formula is C23H24N4O5S. The summed E-state index contributed by atoms with van der Waals surface area (Å²) in [4.78, 5) is 33.1. The number of fused-ring (bicyclic) bond motifs is 1. The molecule has 1 aromatic heterocycles. The average Bonchev–Trinajstić information content (AvgIpc) is 3.36. The number of anilines is 1. The zero-order valence-electron chi connectivity index (χ0n) is 18.7. The molecule has 0 unspecified atom stereocenters. The zero-order valence-corrected chi connectivity index (χ0v) is 19.5. The SMILES string of the molecule is COOSc1ccc(Oc2cc(C(=O)Nc3ccn(C)n3)cc3c2CN(C(C)C)C3=O)cc1. The van der Waals surface area contributed by atoms with Crippen molar-refractivity contribution in [3.05, 3.63) is 65.4 Å². The lowest BCUT2D eigenvalue weighted by atomic mass is 10.0. The summed E-state index contributed by atoms with van der Waals surface area (Å²) in [7, 11) is 3.20. The van der Waals surface area contributed by atoms with E-state index in [1.807, 2.05) is 26.0 Å². The number of amides is 2. The van der Waals surface area contributed by atoms with Gasteiger partial charge >= 0.3 is 0 Å². The van der Waals surface area contributed by atoms with E-state index in [1.165, 1.54) is 7.11 Å². The third-order valence-electron chi connectivity index (χ3n) is 5.12. The smallest absolute Gasteiger partial charge is 0.257 e. The maximum Gasteiger partial charge on any atom is 0.257 e. The maximum atomic E-state index is 13.0. The first kappa shape index (κ1) is 22.8. The Morgan fingerprint density at radius 3 is 2.58 bits per heavy atom. The number of benzene rings is 2. The van der Waals surface area contributed by atoms with Crippen molar-refractivity contribution in [3.63, 3.8) is 0 Å². The highest BCUT2D eigenvalue weighted by Crippen LogP contribution is 2.36. The monoisotopic (exact) mass is 468 g/mol. The van der Waals surface area contributed by atoms with E-state index in [4.69, 9.17) is 9.07 Å². The maximum absolute atomic E-state index is 13.0. The molecule has 10 heteroatoms. The van der Waals surface area contributed by atoms with Crippen LogP contribution in [0.5, 0.6) is 11.5 Å². The van der Waals surface area contributed by atoms with Gasteiger partial charge in [-0.25, -0.2) is 4.89 Å². The van der Waals surface area contributed by atoms with Gasteiger partial charge in [0.25, 0.3) is 11.8 Å². The highest BCUT2D eigenvalue weighted by molar-refractivity contribution is 7.94. The molecule has 1 aliphatic rings.